The molecule has 0 atom stereocenters. The van der Waals surface area contributed by atoms with Gasteiger partial charge in [0.15, 0.2) is 0 Å². The van der Waals surface area contributed by atoms with Crippen LogP contribution in [0, 0.1) is 13.8 Å². The smallest absolute Gasteiger partial charge is 0.146 e. The molecule has 4 rings (SSSR count). The fourth-order valence-corrected chi connectivity index (χ4v) is 3.33. The third-order valence-corrected chi connectivity index (χ3v) is 4.59. The highest BCUT2D eigenvalue weighted by atomic mass is 79.9. The molecule has 2 heterocycles. The normalized spacial score (nSPS) is 11.8. The van der Waals surface area contributed by atoms with Crippen LogP contribution in [0.2, 0.25) is 0 Å². The molecule has 3 heteroatoms. The van der Waals surface area contributed by atoms with E-state index in [1.807, 2.05) is 6.20 Å². The van der Waals surface area contributed by atoms with Gasteiger partial charge in [-0.15, -0.1) is 0 Å². The Morgan fingerprint density at radius 3 is 2.45 bits per heavy atom. The highest BCUT2D eigenvalue weighted by Gasteiger charge is 2.12. The molecule has 2 nitrogen and oxygen atoms in total. The van der Waals surface area contributed by atoms with Gasteiger partial charge in [0, 0.05) is 10.8 Å². The second-order valence-electron chi connectivity index (χ2n) is 5.24. The van der Waals surface area contributed by atoms with E-state index in [9.17, 15) is 0 Å². The summed E-state index contributed by atoms with van der Waals surface area (Å²) in [5, 5.41) is 3.72. The van der Waals surface area contributed by atoms with Gasteiger partial charge in [0.2, 0.25) is 0 Å². The van der Waals surface area contributed by atoms with Crippen LogP contribution in [0.15, 0.2) is 47.2 Å². The summed E-state index contributed by atoms with van der Waals surface area (Å²) in [6.07, 6.45) is 1.87. The van der Waals surface area contributed by atoms with Gasteiger partial charge in [-0.2, -0.15) is 0 Å². The first kappa shape index (κ1) is 11.9. The first-order valence-electron chi connectivity index (χ1n) is 6.61. The Kier molecular flexibility index (Phi) is 2.42. The highest BCUT2D eigenvalue weighted by Crippen LogP contribution is 2.32. The number of fused-ring (bicyclic) bond motifs is 6. The van der Waals surface area contributed by atoms with Crippen molar-refractivity contribution in [1.82, 2.24) is 9.38 Å². The molecule has 0 bridgehead atoms. The van der Waals surface area contributed by atoms with Crippen LogP contribution in [0.1, 0.15) is 11.1 Å². The van der Waals surface area contributed by atoms with Crippen molar-refractivity contribution < 1.29 is 0 Å². The maximum atomic E-state index is 4.56. The summed E-state index contributed by atoms with van der Waals surface area (Å²) in [4.78, 5) is 4.56. The van der Waals surface area contributed by atoms with Gasteiger partial charge in [-0.3, -0.25) is 4.40 Å². The molecule has 2 aromatic carbocycles. The van der Waals surface area contributed by atoms with Crippen molar-refractivity contribution >= 4 is 43.3 Å². The number of halogens is 1. The molecule has 0 spiro atoms. The van der Waals surface area contributed by atoms with E-state index in [-0.39, 0.29) is 0 Å². The average molecular weight is 325 g/mol. The fourth-order valence-electron chi connectivity index (χ4n) is 2.86. The lowest BCUT2D eigenvalue weighted by Crippen LogP contribution is -1.93. The van der Waals surface area contributed by atoms with Gasteiger partial charge in [0.25, 0.3) is 0 Å². The summed E-state index contributed by atoms with van der Waals surface area (Å²) in [5.74, 6) is 0. The van der Waals surface area contributed by atoms with Crippen LogP contribution in [0.4, 0.5) is 0 Å². The zero-order chi connectivity index (χ0) is 13.9. The molecule has 0 aliphatic heterocycles. The number of imidazole rings is 1. The summed E-state index contributed by atoms with van der Waals surface area (Å²) in [7, 11) is 0. The van der Waals surface area contributed by atoms with E-state index in [4.69, 9.17) is 0 Å². The molecule has 0 amide bonds. The molecule has 2 aromatic heterocycles. The van der Waals surface area contributed by atoms with Gasteiger partial charge < -0.3 is 0 Å². The Bertz CT molecular complexity index is 983. The fraction of sp³-hybridized carbons (Fsp3) is 0.118. The average Bonchev–Trinajstić information content (AvgIpc) is 2.84. The van der Waals surface area contributed by atoms with Crippen LogP contribution in [-0.2, 0) is 0 Å². The maximum absolute atomic E-state index is 4.56. The van der Waals surface area contributed by atoms with Crippen molar-refractivity contribution in [2.45, 2.75) is 13.8 Å². The molecule has 0 aliphatic carbocycles. The monoisotopic (exact) mass is 324 g/mol. The van der Waals surface area contributed by atoms with E-state index in [2.05, 4.69) is 75.6 Å². The Morgan fingerprint density at radius 2 is 1.65 bits per heavy atom. The summed E-state index contributed by atoms with van der Waals surface area (Å²) >= 11 is 3.62. The molecule has 0 saturated heterocycles. The third-order valence-electron chi connectivity index (χ3n) is 4.03. The predicted octanol–water partition coefficient (Wildman–Crippen LogP) is 5.02. The number of pyridine rings is 1. The summed E-state index contributed by atoms with van der Waals surface area (Å²) < 4.78 is 3.18. The van der Waals surface area contributed by atoms with Crippen LogP contribution in [0.25, 0.3) is 27.3 Å². The summed E-state index contributed by atoms with van der Waals surface area (Å²) in [6, 6.07) is 13.0. The molecule has 0 fully saturated rings. The van der Waals surface area contributed by atoms with Gasteiger partial charge in [0.1, 0.15) is 10.3 Å². The molecule has 0 radical (unpaired) electrons. The molecular formula is C17H13BrN2. The zero-order valence-electron chi connectivity index (χ0n) is 11.3. The number of nitrogens with zero attached hydrogens (tertiary/aromatic N) is 2. The minimum absolute atomic E-state index is 0.992. The van der Waals surface area contributed by atoms with Gasteiger partial charge in [0.05, 0.1) is 11.7 Å². The Morgan fingerprint density at radius 1 is 0.950 bits per heavy atom. The van der Waals surface area contributed by atoms with Crippen molar-refractivity contribution in [3.8, 4) is 0 Å². The number of hydrogen-bond donors (Lipinski definition) is 0. The lowest BCUT2D eigenvalue weighted by molar-refractivity contribution is 1.22. The SMILES string of the molecule is Cc1cc2c3ccccc3c3ncc(Br)n3c2cc1C. The van der Waals surface area contributed by atoms with Gasteiger partial charge in [-0.05, 0) is 58.4 Å². The minimum atomic E-state index is 0.992. The first-order valence-corrected chi connectivity index (χ1v) is 7.41. The first-order chi connectivity index (χ1) is 9.66. The topological polar surface area (TPSA) is 17.3 Å². The predicted molar refractivity (Wildman–Crippen MR) is 87.4 cm³/mol. The number of aromatic nitrogens is 2. The Labute approximate surface area is 125 Å². The number of rotatable bonds is 0. The van der Waals surface area contributed by atoms with Crippen molar-refractivity contribution in [3.05, 3.63) is 58.3 Å². The van der Waals surface area contributed by atoms with E-state index in [1.54, 1.807) is 0 Å². The van der Waals surface area contributed by atoms with E-state index >= 15 is 0 Å². The second-order valence-corrected chi connectivity index (χ2v) is 6.05. The molecule has 20 heavy (non-hydrogen) atoms. The van der Waals surface area contributed by atoms with Crippen LogP contribution in [-0.4, -0.2) is 9.38 Å². The largest absolute Gasteiger partial charge is 0.286 e. The number of benzene rings is 2. The maximum Gasteiger partial charge on any atom is 0.146 e. The lowest BCUT2D eigenvalue weighted by Gasteiger charge is -2.11. The van der Waals surface area contributed by atoms with E-state index < -0.39 is 0 Å². The molecule has 98 valence electrons. The molecule has 0 N–H and O–H groups in total. The van der Waals surface area contributed by atoms with Crippen molar-refractivity contribution in [1.29, 1.82) is 0 Å². The van der Waals surface area contributed by atoms with E-state index in [0.717, 1.165) is 10.3 Å². The Hall–Kier alpha value is -1.87. The van der Waals surface area contributed by atoms with Crippen molar-refractivity contribution in [3.63, 3.8) is 0 Å². The summed E-state index contributed by atoms with van der Waals surface area (Å²) in [5.41, 5.74) is 4.82. The quantitative estimate of drug-likeness (QED) is 0.415. The van der Waals surface area contributed by atoms with Gasteiger partial charge in [-0.1, -0.05) is 24.3 Å². The number of aryl methyl sites for hydroxylation is 2. The molecule has 0 saturated carbocycles. The van der Waals surface area contributed by atoms with Gasteiger partial charge in [-0.25, -0.2) is 4.98 Å². The molecule has 0 unspecified atom stereocenters. The van der Waals surface area contributed by atoms with E-state index in [0.29, 0.717) is 0 Å². The molecular weight excluding hydrogens is 312 g/mol. The van der Waals surface area contributed by atoms with Crippen LogP contribution in [0.3, 0.4) is 0 Å². The lowest BCUT2D eigenvalue weighted by atomic mass is 10.0. The molecule has 4 aromatic rings. The third kappa shape index (κ3) is 1.47. The zero-order valence-corrected chi connectivity index (χ0v) is 12.9. The Balaban J connectivity index is 2.43. The van der Waals surface area contributed by atoms with Crippen molar-refractivity contribution in [2.24, 2.45) is 0 Å². The van der Waals surface area contributed by atoms with Crippen LogP contribution in [0.5, 0.6) is 0 Å². The second kappa shape index (κ2) is 4.06. The van der Waals surface area contributed by atoms with Crippen LogP contribution >= 0.6 is 15.9 Å². The highest BCUT2D eigenvalue weighted by molar-refractivity contribution is 9.10. The number of hydrogen-bond acceptors (Lipinski definition) is 1. The van der Waals surface area contributed by atoms with Gasteiger partial charge >= 0.3 is 0 Å². The summed E-state index contributed by atoms with van der Waals surface area (Å²) in [6.45, 7) is 4.32. The molecule has 0 aliphatic rings. The van der Waals surface area contributed by atoms with E-state index in [1.165, 1.54) is 32.8 Å². The minimum Gasteiger partial charge on any atom is -0.286 e. The van der Waals surface area contributed by atoms with Crippen molar-refractivity contribution in [2.75, 3.05) is 0 Å². The van der Waals surface area contributed by atoms with Crippen LogP contribution < -0.4 is 0 Å². The standard InChI is InChI=1S/C17H13BrN2/c1-10-7-14-12-5-3-4-6-13(12)17-19-9-16(18)20(17)15(14)8-11(10)2/h3-9H,1-2H3.